The Morgan fingerprint density at radius 3 is 2.79 bits per heavy atom. The Balaban J connectivity index is 2.23. The fourth-order valence-corrected chi connectivity index (χ4v) is 3.83. The number of carbonyl (C=O) groups excluding carboxylic acids is 1. The van der Waals surface area contributed by atoms with Crippen LogP contribution < -0.4 is 10.0 Å². The van der Waals surface area contributed by atoms with Gasteiger partial charge in [-0.15, -0.1) is 0 Å². The Labute approximate surface area is 126 Å². The van der Waals surface area contributed by atoms with Crippen molar-refractivity contribution in [1.82, 2.24) is 0 Å². The molecule has 2 N–H and O–H groups in total. The van der Waals surface area contributed by atoms with Crippen molar-refractivity contribution in [2.75, 3.05) is 17.2 Å². The second kappa shape index (κ2) is 5.37. The minimum absolute atomic E-state index is 0.0443. The van der Waals surface area contributed by atoms with Crippen LogP contribution in [0.25, 0.3) is 0 Å². The molecule has 1 amide bonds. The third-order valence-electron chi connectivity index (χ3n) is 3.14. The van der Waals surface area contributed by atoms with Gasteiger partial charge in [0.15, 0.2) is 0 Å². The third-order valence-corrected chi connectivity index (χ3v) is 5.47. The smallest absolute Gasteiger partial charge is 0.227 e. The molecule has 1 aromatic carbocycles. The lowest BCUT2D eigenvalue weighted by molar-refractivity contribution is -0.117. The van der Waals surface area contributed by atoms with Gasteiger partial charge < -0.3 is 4.90 Å². The van der Waals surface area contributed by atoms with Crippen molar-refractivity contribution >= 4 is 44.2 Å². The average molecular weight is 394 g/mol. The van der Waals surface area contributed by atoms with E-state index in [9.17, 15) is 13.2 Å². The summed E-state index contributed by atoms with van der Waals surface area (Å²) < 4.78 is 23.2. The molecule has 1 atom stereocenters. The summed E-state index contributed by atoms with van der Waals surface area (Å²) in [4.78, 5) is 13.7. The van der Waals surface area contributed by atoms with Crippen molar-refractivity contribution in [3.63, 3.8) is 0 Å². The average Bonchev–Trinajstić information content (AvgIpc) is 2.61. The van der Waals surface area contributed by atoms with E-state index in [0.29, 0.717) is 6.54 Å². The van der Waals surface area contributed by atoms with Crippen LogP contribution in [0, 0.1) is 16.4 Å². The molecule has 0 saturated carbocycles. The van der Waals surface area contributed by atoms with Gasteiger partial charge in [-0.2, -0.15) is 0 Å². The molecule has 1 aliphatic heterocycles. The molecule has 1 unspecified atom stereocenters. The molecule has 0 radical (unpaired) electrons. The first-order chi connectivity index (χ1) is 8.78. The molecule has 5 nitrogen and oxygen atoms in total. The second-order valence-corrected chi connectivity index (χ2v) is 7.55. The maximum atomic E-state index is 12.0. The molecule has 0 bridgehead atoms. The van der Waals surface area contributed by atoms with Crippen molar-refractivity contribution in [3.8, 4) is 0 Å². The SMILES string of the molecule is Cc1cccc(N2CC(CS(N)(=O)=O)CC2=O)c1I. The summed E-state index contributed by atoms with van der Waals surface area (Å²) in [7, 11) is -3.54. The van der Waals surface area contributed by atoms with Gasteiger partial charge in [0.25, 0.3) is 0 Å². The lowest BCUT2D eigenvalue weighted by atomic mass is 10.1. The first-order valence-corrected chi connectivity index (χ1v) is 8.63. The van der Waals surface area contributed by atoms with Gasteiger partial charge in [-0.05, 0) is 41.1 Å². The maximum Gasteiger partial charge on any atom is 0.227 e. The minimum atomic E-state index is -3.54. The molecule has 1 aromatic rings. The number of sulfonamides is 1. The van der Waals surface area contributed by atoms with E-state index in [-0.39, 0.29) is 24.0 Å². The summed E-state index contributed by atoms with van der Waals surface area (Å²) in [5, 5.41) is 5.04. The number of rotatable bonds is 3. The minimum Gasteiger partial charge on any atom is -0.311 e. The van der Waals surface area contributed by atoms with Gasteiger partial charge in [0, 0.05) is 22.5 Å². The quantitative estimate of drug-likeness (QED) is 0.784. The molecule has 19 heavy (non-hydrogen) atoms. The molecule has 1 saturated heterocycles. The standard InChI is InChI=1S/C12H15IN2O3S/c1-8-3-2-4-10(12(8)13)15-6-9(5-11(15)16)7-19(14,17)18/h2-4,9H,5-7H2,1H3,(H2,14,17,18). The summed E-state index contributed by atoms with van der Waals surface area (Å²) in [6.07, 6.45) is 0.237. The molecular weight excluding hydrogens is 379 g/mol. The first-order valence-electron chi connectivity index (χ1n) is 5.84. The number of nitrogens with zero attached hydrogens (tertiary/aromatic N) is 1. The van der Waals surface area contributed by atoms with Gasteiger partial charge in [0.1, 0.15) is 0 Å². The molecule has 1 aliphatic rings. The zero-order chi connectivity index (χ0) is 14.2. The highest BCUT2D eigenvalue weighted by Gasteiger charge is 2.33. The van der Waals surface area contributed by atoms with Crippen molar-refractivity contribution in [1.29, 1.82) is 0 Å². The number of halogens is 1. The van der Waals surface area contributed by atoms with Crippen LogP contribution in [0.2, 0.25) is 0 Å². The molecule has 104 valence electrons. The number of benzene rings is 1. The number of aryl methyl sites for hydroxylation is 1. The fourth-order valence-electron chi connectivity index (χ4n) is 2.29. The Bertz CT molecular complexity index is 615. The monoisotopic (exact) mass is 394 g/mol. The van der Waals surface area contributed by atoms with Crippen LogP contribution in [-0.2, 0) is 14.8 Å². The van der Waals surface area contributed by atoms with Gasteiger partial charge in [-0.1, -0.05) is 12.1 Å². The predicted molar refractivity (Wildman–Crippen MR) is 82.3 cm³/mol. The number of amides is 1. The number of carbonyl (C=O) groups is 1. The highest BCUT2D eigenvalue weighted by Crippen LogP contribution is 2.31. The summed E-state index contributed by atoms with van der Waals surface area (Å²) in [5.74, 6) is -0.409. The molecule has 1 fully saturated rings. The number of hydrogen-bond donors (Lipinski definition) is 1. The number of nitrogens with two attached hydrogens (primary N) is 1. The molecular formula is C12H15IN2O3S. The highest BCUT2D eigenvalue weighted by atomic mass is 127. The van der Waals surface area contributed by atoms with E-state index in [1.54, 1.807) is 4.90 Å². The Morgan fingerprint density at radius 2 is 2.16 bits per heavy atom. The van der Waals surface area contributed by atoms with Crippen LogP contribution in [-0.4, -0.2) is 26.6 Å². The van der Waals surface area contributed by atoms with Crippen molar-refractivity contribution < 1.29 is 13.2 Å². The molecule has 2 rings (SSSR count). The van der Waals surface area contributed by atoms with Gasteiger partial charge >= 0.3 is 0 Å². The number of hydrogen-bond acceptors (Lipinski definition) is 3. The topological polar surface area (TPSA) is 80.5 Å². The third kappa shape index (κ3) is 3.46. The molecule has 7 heteroatoms. The maximum absolute atomic E-state index is 12.0. The van der Waals surface area contributed by atoms with E-state index < -0.39 is 10.0 Å². The van der Waals surface area contributed by atoms with Crippen LogP contribution in [0.1, 0.15) is 12.0 Å². The van der Waals surface area contributed by atoms with Gasteiger partial charge in [-0.3, -0.25) is 4.79 Å². The molecule has 0 spiro atoms. The zero-order valence-electron chi connectivity index (χ0n) is 10.5. The van der Waals surface area contributed by atoms with Crippen molar-refractivity contribution in [2.24, 2.45) is 11.1 Å². The molecule has 1 heterocycles. The largest absolute Gasteiger partial charge is 0.311 e. The highest BCUT2D eigenvalue weighted by molar-refractivity contribution is 14.1. The van der Waals surface area contributed by atoms with Gasteiger partial charge in [0.2, 0.25) is 15.9 Å². The van der Waals surface area contributed by atoms with Crippen LogP contribution in [0.4, 0.5) is 5.69 Å². The van der Waals surface area contributed by atoms with Crippen LogP contribution in [0.5, 0.6) is 0 Å². The predicted octanol–water partition coefficient (Wildman–Crippen LogP) is 1.24. The Kier molecular flexibility index (Phi) is 4.17. The Hall–Kier alpha value is -0.670. The second-order valence-electron chi connectivity index (χ2n) is 4.81. The normalized spacial score (nSPS) is 20.1. The van der Waals surface area contributed by atoms with Crippen molar-refractivity contribution in [2.45, 2.75) is 13.3 Å². The van der Waals surface area contributed by atoms with E-state index in [1.807, 2.05) is 25.1 Å². The summed E-state index contributed by atoms with van der Waals surface area (Å²) in [5.41, 5.74) is 1.95. The molecule has 0 aliphatic carbocycles. The lowest BCUT2D eigenvalue weighted by Gasteiger charge is -2.19. The van der Waals surface area contributed by atoms with E-state index in [2.05, 4.69) is 22.6 Å². The lowest BCUT2D eigenvalue weighted by Crippen LogP contribution is -2.28. The van der Waals surface area contributed by atoms with Crippen LogP contribution in [0.15, 0.2) is 18.2 Å². The summed E-state index contributed by atoms with van der Waals surface area (Å²) in [6.45, 7) is 2.39. The van der Waals surface area contributed by atoms with Crippen LogP contribution in [0.3, 0.4) is 0 Å². The van der Waals surface area contributed by atoms with E-state index in [0.717, 1.165) is 14.8 Å². The fraction of sp³-hybridized carbons (Fsp3) is 0.417. The summed E-state index contributed by atoms with van der Waals surface area (Å²) >= 11 is 2.20. The van der Waals surface area contributed by atoms with E-state index in [1.165, 1.54) is 0 Å². The zero-order valence-corrected chi connectivity index (χ0v) is 13.4. The number of primary sulfonamides is 1. The first kappa shape index (κ1) is 14.7. The van der Waals surface area contributed by atoms with E-state index in [4.69, 9.17) is 5.14 Å². The van der Waals surface area contributed by atoms with Gasteiger partial charge in [0.05, 0.1) is 11.4 Å². The summed E-state index contributed by atoms with van der Waals surface area (Å²) in [6, 6.07) is 5.76. The van der Waals surface area contributed by atoms with Gasteiger partial charge in [-0.25, -0.2) is 13.6 Å². The molecule has 0 aromatic heterocycles. The van der Waals surface area contributed by atoms with E-state index >= 15 is 0 Å². The van der Waals surface area contributed by atoms with Crippen LogP contribution >= 0.6 is 22.6 Å². The number of anilines is 1. The Morgan fingerprint density at radius 1 is 1.47 bits per heavy atom. The van der Waals surface area contributed by atoms with Crippen molar-refractivity contribution in [3.05, 3.63) is 27.3 Å².